The van der Waals surface area contributed by atoms with E-state index in [1.165, 1.54) is 11.3 Å². The number of hydrogen-bond acceptors (Lipinski definition) is 4. The molecule has 5 rings (SSSR count). The summed E-state index contributed by atoms with van der Waals surface area (Å²) in [6.07, 6.45) is 1.62. The van der Waals surface area contributed by atoms with Gasteiger partial charge in [-0.05, 0) is 17.7 Å². The van der Waals surface area contributed by atoms with Crippen LogP contribution in [0.3, 0.4) is 0 Å². The van der Waals surface area contributed by atoms with Crippen molar-refractivity contribution in [2.75, 3.05) is 0 Å². The number of hydrogen-bond donors (Lipinski definition) is 0. The molecule has 0 aliphatic heterocycles. The molecule has 4 nitrogen and oxygen atoms in total. The lowest BCUT2D eigenvalue weighted by atomic mass is 10.1. The zero-order valence-electron chi connectivity index (χ0n) is 14.5. The molecule has 0 fully saturated rings. The summed E-state index contributed by atoms with van der Waals surface area (Å²) in [7, 11) is 1.98. The molecule has 1 aliphatic rings. The second-order valence-electron chi connectivity index (χ2n) is 6.46. The van der Waals surface area contributed by atoms with Crippen molar-refractivity contribution < 1.29 is 9.59 Å². The van der Waals surface area contributed by atoms with Gasteiger partial charge < -0.3 is 4.57 Å². The summed E-state index contributed by atoms with van der Waals surface area (Å²) < 4.78 is 3.06. The molecule has 0 spiro atoms. The first-order chi connectivity index (χ1) is 13.1. The summed E-state index contributed by atoms with van der Waals surface area (Å²) in [5.74, 6) is -0.445. The Labute approximate surface area is 159 Å². The number of ketones is 2. The third kappa shape index (κ3) is 2.39. The van der Waals surface area contributed by atoms with Crippen molar-refractivity contribution in [2.24, 2.45) is 7.05 Å². The van der Waals surface area contributed by atoms with E-state index >= 15 is 0 Å². The number of aromatic nitrogens is 2. The van der Waals surface area contributed by atoms with E-state index < -0.39 is 0 Å². The Balaban J connectivity index is 1.57. The molecule has 1 aliphatic carbocycles. The topological polar surface area (TPSA) is 52.0 Å². The number of fused-ring (bicyclic) bond motifs is 2. The molecule has 0 atom stereocenters. The summed E-state index contributed by atoms with van der Waals surface area (Å²) >= 11 is 1.48. The number of carbonyl (C=O) groups is 2. The molecule has 130 valence electrons. The molecule has 0 unspecified atom stereocenters. The van der Waals surface area contributed by atoms with Gasteiger partial charge in [-0.25, -0.2) is 4.98 Å². The van der Waals surface area contributed by atoms with Gasteiger partial charge in [-0.1, -0.05) is 54.6 Å². The number of thiazole rings is 1. The highest BCUT2D eigenvalue weighted by atomic mass is 32.1. The molecule has 2 heterocycles. The highest BCUT2D eigenvalue weighted by molar-refractivity contribution is 7.19. The summed E-state index contributed by atoms with van der Waals surface area (Å²) in [6, 6.07) is 19.2. The van der Waals surface area contributed by atoms with Crippen molar-refractivity contribution >= 4 is 39.3 Å². The van der Waals surface area contributed by atoms with Gasteiger partial charge >= 0.3 is 0 Å². The maximum absolute atomic E-state index is 12.6. The minimum atomic E-state index is -0.222. The second-order valence-corrected chi connectivity index (χ2v) is 7.52. The number of carbonyl (C=O) groups excluding carboxylic acids is 2. The third-order valence-electron chi connectivity index (χ3n) is 4.84. The second kappa shape index (κ2) is 5.86. The van der Waals surface area contributed by atoms with E-state index in [9.17, 15) is 9.59 Å². The predicted molar refractivity (Wildman–Crippen MR) is 107 cm³/mol. The smallest absolute Gasteiger partial charge is 0.197 e. The maximum Gasteiger partial charge on any atom is 0.197 e. The van der Waals surface area contributed by atoms with E-state index in [4.69, 9.17) is 0 Å². The Kier molecular flexibility index (Phi) is 3.45. The van der Waals surface area contributed by atoms with Gasteiger partial charge in [-0.3, -0.25) is 9.59 Å². The van der Waals surface area contributed by atoms with Gasteiger partial charge in [0.2, 0.25) is 0 Å². The predicted octanol–water partition coefficient (Wildman–Crippen LogP) is 4.76. The molecule has 0 bridgehead atoms. The summed E-state index contributed by atoms with van der Waals surface area (Å²) in [5.41, 5.74) is 4.20. The van der Waals surface area contributed by atoms with E-state index in [-0.39, 0.29) is 17.1 Å². The van der Waals surface area contributed by atoms with Gasteiger partial charge in [0.05, 0.1) is 16.0 Å². The highest BCUT2D eigenvalue weighted by Crippen LogP contribution is 2.33. The molecular weight excluding hydrogens is 356 g/mol. The molecule has 4 aromatic rings. The van der Waals surface area contributed by atoms with Gasteiger partial charge in [0.25, 0.3) is 0 Å². The number of rotatable bonds is 2. The normalized spacial score (nSPS) is 13.4. The lowest BCUT2D eigenvalue weighted by Gasteiger charge is -2.02. The van der Waals surface area contributed by atoms with Gasteiger partial charge in [-0.2, -0.15) is 0 Å². The zero-order chi connectivity index (χ0) is 18.5. The molecule has 5 heteroatoms. The Hall–Kier alpha value is -3.31. The number of benzene rings is 2. The summed E-state index contributed by atoms with van der Waals surface area (Å²) in [5, 5.41) is 0.666. The molecule has 0 amide bonds. The highest BCUT2D eigenvalue weighted by Gasteiger charge is 2.32. The molecule has 0 N–H and O–H groups in total. The number of aryl methyl sites for hydroxylation is 1. The van der Waals surface area contributed by atoms with Crippen LogP contribution in [-0.4, -0.2) is 21.1 Å². The van der Waals surface area contributed by atoms with Crippen molar-refractivity contribution in [2.45, 2.75) is 0 Å². The van der Waals surface area contributed by atoms with Gasteiger partial charge in [0, 0.05) is 18.2 Å². The Morgan fingerprint density at radius 2 is 1.56 bits per heavy atom. The summed E-state index contributed by atoms with van der Waals surface area (Å²) in [6.45, 7) is 0. The monoisotopic (exact) mass is 370 g/mol. The average molecular weight is 370 g/mol. The van der Waals surface area contributed by atoms with Crippen LogP contribution in [0.4, 0.5) is 0 Å². The number of Topliss-reactive ketones (excluding diaryl/α,β-unsaturated/α-hetero) is 2. The quantitative estimate of drug-likeness (QED) is 0.377. The van der Waals surface area contributed by atoms with Crippen LogP contribution < -0.4 is 0 Å². The van der Waals surface area contributed by atoms with E-state index in [0.717, 1.165) is 21.6 Å². The minimum Gasteiger partial charge on any atom is -0.328 e. The molecule has 27 heavy (non-hydrogen) atoms. The van der Waals surface area contributed by atoms with Crippen LogP contribution in [0.5, 0.6) is 0 Å². The minimum absolute atomic E-state index is 0.193. The maximum atomic E-state index is 12.6. The van der Waals surface area contributed by atoms with Crippen LogP contribution in [0.25, 0.3) is 27.7 Å². The Morgan fingerprint density at radius 3 is 2.19 bits per heavy atom. The first-order valence-corrected chi connectivity index (χ1v) is 9.37. The van der Waals surface area contributed by atoms with Crippen molar-refractivity contribution in [3.63, 3.8) is 0 Å². The lowest BCUT2D eigenvalue weighted by molar-refractivity contribution is 0.0990. The van der Waals surface area contributed by atoms with E-state index in [2.05, 4.69) is 23.2 Å². The van der Waals surface area contributed by atoms with Crippen molar-refractivity contribution in [3.8, 4) is 11.3 Å². The molecule has 2 aromatic heterocycles. The molecule has 2 aromatic carbocycles. The summed E-state index contributed by atoms with van der Waals surface area (Å²) in [4.78, 5) is 29.8. The third-order valence-corrected chi connectivity index (χ3v) is 5.78. The molecule has 0 saturated carbocycles. The number of allylic oxidation sites excluding steroid dienone is 1. The van der Waals surface area contributed by atoms with Crippen molar-refractivity contribution in [1.82, 2.24) is 9.55 Å². The van der Waals surface area contributed by atoms with Crippen LogP contribution in [0.1, 0.15) is 25.7 Å². The fourth-order valence-corrected chi connectivity index (χ4v) is 4.46. The van der Waals surface area contributed by atoms with Crippen LogP contribution in [0.15, 0.2) is 66.2 Å². The fraction of sp³-hybridized carbons (Fsp3) is 0.0455. The van der Waals surface area contributed by atoms with E-state index in [1.54, 1.807) is 30.3 Å². The number of nitrogens with zero attached hydrogens (tertiary/aromatic N) is 2. The molecular formula is C22H14N2O2S. The Morgan fingerprint density at radius 1 is 0.926 bits per heavy atom. The largest absolute Gasteiger partial charge is 0.328 e. The van der Waals surface area contributed by atoms with Crippen molar-refractivity contribution in [3.05, 3.63) is 82.4 Å². The first kappa shape index (κ1) is 15.9. The fourth-order valence-electron chi connectivity index (χ4n) is 3.48. The Bertz CT molecular complexity index is 1230. The molecule has 0 saturated heterocycles. The van der Waals surface area contributed by atoms with E-state index in [1.807, 2.05) is 29.8 Å². The van der Waals surface area contributed by atoms with Crippen LogP contribution in [-0.2, 0) is 7.05 Å². The van der Waals surface area contributed by atoms with Gasteiger partial charge in [-0.15, -0.1) is 11.3 Å². The van der Waals surface area contributed by atoms with Crippen LogP contribution in [0, 0.1) is 0 Å². The van der Waals surface area contributed by atoms with Crippen LogP contribution in [0.2, 0.25) is 0 Å². The lowest BCUT2D eigenvalue weighted by Crippen LogP contribution is -2.00. The standard InChI is InChI=1S/C22H14N2O2S/c1-24-17(13-7-3-2-4-8-13)12-18-22(24)23-19(27-18)11-16-20(25)14-9-5-6-10-15(14)21(16)26/h2-12H,1H3. The van der Waals surface area contributed by atoms with Gasteiger partial charge in [0.15, 0.2) is 17.2 Å². The molecule has 0 radical (unpaired) electrons. The van der Waals surface area contributed by atoms with Crippen molar-refractivity contribution in [1.29, 1.82) is 0 Å². The SMILES string of the molecule is Cn1c(-c2ccccc2)cc2sc(C=C3C(=O)c4ccccc4C3=O)nc21. The average Bonchev–Trinajstić information content (AvgIpc) is 3.31. The van der Waals surface area contributed by atoms with Crippen LogP contribution >= 0.6 is 11.3 Å². The van der Waals surface area contributed by atoms with E-state index in [0.29, 0.717) is 16.1 Å². The first-order valence-electron chi connectivity index (χ1n) is 8.55. The zero-order valence-corrected chi connectivity index (χ0v) is 15.3. The van der Waals surface area contributed by atoms with Gasteiger partial charge in [0.1, 0.15) is 5.01 Å².